The summed E-state index contributed by atoms with van der Waals surface area (Å²) >= 11 is 0. The van der Waals surface area contributed by atoms with Gasteiger partial charge in [0.2, 0.25) is 0 Å². The van der Waals surface area contributed by atoms with E-state index in [0.29, 0.717) is 26.4 Å². The first-order chi connectivity index (χ1) is 4.91. The molecule has 0 aromatic rings. The smallest absolute Gasteiger partial charge is 1.00 e. The Morgan fingerprint density at radius 2 is 1.08 bits per heavy atom. The van der Waals surface area contributed by atoms with Crippen molar-refractivity contribution in [2.24, 2.45) is 0 Å². The molecular weight excluding hydrogens is 195 g/mol. The van der Waals surface area contributed by atoms with E-state index in [1.165, 1.54) is 0 Å². The van der Waals surface area contributed by atoms with E-state index in [1.807, 2.05) is 0 Å². The molecule has 4 nitrogen and oxygen atoms in total. The predicted octanol–water partition coefficient (Wildman–Crippen LogP) is -6.99. The number of hydrogen-bond donors (Lipinski definition) is 2. The van der Waals surface area contributed by atoms with Crippen LogP contribution in [0.3, 0.4) is 0 Å². The molecule has 0 spiro atoms. The van der Waals surface area contributed by atoms with Crippen LogP contribution in [0.1, 0.15) is 0 Å². The second-order valence-electron chi connectivity index (χ2n) is 1.67. The van der Waals surface area contributed by atoms with E-state index in [9.17, 15) is 0 Å². The van der Waals surface area contributed by atoms with Crippen LogP contribution in [-0.4, -0.2) is 49.9 Å². The van der Waals surface area contributed by atoms with Crippen molar-refractivity contribution in [3.8, 4) is 0 Å². The zero-order valence-corrected chi connectivity index (χ0v) is 10.1. The Labute approximate surface area is 101 Å². The summed E-state index contributed by atoms with van der Waals surface area (Å²) in [4.78, 5) is 0. The summed E-state index contributed by atoms with van der Waals surface area (Å²) in [5.74, 6) is 0. The van der Waals surface area contributed by atoms with Crippen molar-refractivity contribution in [1.29, 1.82) is 0 Å². The quantitative estimate of drug-likeness (QED) is 0.323. The fraction of sp³-hybridized carbons (Fsp3) is 1.00. The first-order valence-electron chi connectivity index (χ1n) is 3.29. The molecule has 0 saturated carbocycles. The Balaban J connectivity index is -0.000000405. The zero-order chi connectivity index (χ0) is 7.66. The van der Waals surface area contributed by atoms with Crippen molar-refractivity contribution in [1.82, 2.24) is 0 Å². The number of aliphatic hydroxyl groups is 2. The second-order valence-corrected chi connectivity index (χ2v) is 1.67. The molecule has 12 heavy (non-hydrogen) atoms. The fourth-order valence-corrected chi connectivity index (χ4v) is 0.451. The van der Waals surface area contributed by atoms with Gasteiger partial charge in [-0.1, -0.05) is 0 Å². The molecule has 0 radical (unpaired) electrons. The Morgan fingerprint density at radius 1 is 0.750 bits per heavy atom. The maximum absolute atomic E-state index is 8.26. The molecule has 6 heteroatoms. The number of ether oxygens (including phenoxy) is 2. The first-order valence-corrected chi connectivity index (χ1v) is 3.29. The molecule has 0 unspecified atom stereocenters. The third-order valence-electron chi connectivity index (χ3n) is 0.843. The fourth-order valence-electron chi connectivity index (χ4n) is 0.451. The van der Waals surface area contributed by atoms with E-state index < -0.39 is 0 Å². The van der Waals surface area contributed by atoms with Crippen molar-refractivity contribution >= 4 is 0 Å². The molecular formula is C6H14ClNaO4. The Bertz CT molecular complexity index is 59.5. The SMILES string of the molecule is OCCOCCOCCO.[Cl-].[Na+]. The standard InChI is InChI=1S/C6H14O4.ClH.Na/c7-1-3-9-5-6-10-4-2-8;;/h7-8H,1-6H2;1H;/q;;+1/p-1. The number of halogens is 1. The van der Waals surface area contributed by atoms with Gasteiger partial charge in [0.1, 0.15) is 0 Å². The Hall–Kier alpha value is 1.13. The van der Waals surface area contributed by atoms with Crippen LogP contribution in [0.5, 0.6) is 0 Å². The summed E-state index contributed by atoms with van der Waals surface area (Å²) in [6, 6.07) is 0. The van der Waals surface area contributed by atoms with Crippen LogP contribution in [0, 0.1) is 0 Å². The monoisotopic (exact) mass is 208 g/mol. The topological polar surface area (TPSA) is 58.9 Å². The molecule has 0 bridgehead atoms. The van der Waals surface area contributed by atoms with Gasteiger partial charge in [-0.2, -0.15) is 0 Å². The Morgan fingerprint density at radius 3 is 1.33 bits per heavy atom. The molecule has 0 fully saturated rings. The van der Waals surface area contributed by atoms with Gasteiger partial charge in [0.25, 0.3) is 0 Å². The van der Waals surface area contributed by atoms with Gasteiger partial charge in [-0.25, -0.2) is 0 Å². The molecule has 0 aliphatic heterocycles. The molecule has 0 heterocycles. The van der Waals surface area contributed by atoms with Crippen LogP contribution < -0.4 is 42.0 Å². The van der Waals surface area contributed by atoms with Gasteiger partial charge in [0, 0.05) is 0 Å². The summed E-state index contributed by atoms with van der Waals surface area (Å²) in [5.41, 5.74) is 0. The summed E-state index contributed by atoms with van der Waals surface area (Å²) < 4.78 is 9.75. The van der Waals surface area contributed by atoms with Crippen LogP contribution in [0.15, 0.2) is 0 Å². The maximum atomic E-state index is 8.26. The van der Waals surface area contributed by atoms with Crippen molar-refractivity contribution in [2.75, 3.05) is 39.6 Å². The average molecular weight is 209 g/mol. The van der Waals surface area contributed by atoms with Gasteiger partial charge >= 0.3 is 29.6 Å². The molecule has 0 aliphatic carbocycles. The molecule has 70 valence electrons. The molecule has 0 aliphatic rings. The van der Waals surface area contributed by atoms with Gasteiger partial charge in [-0.3, -0.25) is 0 Å². The van der Waals surface area contributed by atoms with Gasteiger partial charge in [0.15, 0.2) is 0 Å². The van der Waals surface area contributed by atoms with Crippen LogP contribution >= 0.6 is 0 Å². The summed E-state index contributed by atoms with van der Waals surface area (Å²) in [5, 5.41) is 16.5. The first kappa shape index (κ1) is 18.8. The minimum absolute atomic E-state index is 0. The van der Waals surface area contributed by atoms with E-state index in [0.717, 1.165) is 0 Å². The van der Waals surface area contributed by atoms with E-state index in [4.69, 9.17) is 19.7 Å². The molecule has 0 aromatic heterocycles. The minimum atomic E-state index is 0. The van der Waals surface area contributed by atoms with Crippen molar-refractivity contribution < 1.29 is 61.7 Å². The average Bonchev–Trinajstić information content (AvgIpc) is 1.97. The summed E-state index contributed by atoms with van der Waals surface area (Å²) in [6.45, 7) is 1.73. The van der Waals surface area contributed by atoms with Gasteiger partial charge in [-0.05, 0) is 0 Å². The number of hydrogen-bond acceptors (Lipinski definition) is 4. The maximum Gasteiger partial charge on any atom is 1.00 e. The Kier molecular flexibility index (Phi) is 28.3. The third kappa shape index (κ3) is 17.3. The van der Waals surface area contributed by atoms with E-state index >= 15 is 0 Å². The van der Waals surface area contributed by atoms with Crippen molar-refractivity contribution in [3.05, 3.63) is 0 Å². The number of aliphatic hydroxyl groups excluding tert-OH is 2. The normalized spacial score (nSPS) is 8.50. The van der Waals surface area contributed by atoms with Crippen molar-refractivity contribution in [2.45, 2.75) is 0 Å². The summed E-state index contributed by atoms with van der Waals surface area (Å²) in [6.07, 6.45) is 0. The van der Waals surface area contributed by atoms with Crippen LogP contribution in [0.2, 0.25) is 0 Å². The van der Waals surface area contributed by atoms with E-state index in [2.05, 4.69) is 0 Å². The zero-order valence-electron chi connectivity index (χ0n) is 7.33. The van der Waals surface area contributed by atoms with E-state index in [-0.39, 0.29) is 55.2 Å². The second kappa shape index (κ2) is 18.0. The molecule has 0 atom stereocenters. The molecule has 0 rings (SSSR count). The van der Waals surface area contributed by atoms with Crippen LogP contribution in [-0.2, 0) is 9.47 Å². The van der Waals surface area contributed by atoms with Crippen LogP contribution in [0.25, 0.3) is 0 Å². The minimum Gasteiger partial charge on any atom is -1.00 e. The predicted molar refractivity (Wildman–Crippen MR) is 35.8 cm³/mol. The number of rotatable bonds is 7. The van der Waals surface area contributed by atoms with E-state index in [1.54, 1.807) is 0 Å². The molecule has 0 aromatic carbocycles. The molecule has 0 amide bonds. The van der Waals surface area contributed by atoms with Gasteiger partial charge < -0.3 is 32.1 Å². The summed E-state index contributed by atoms with van der Waals surface area (Å²) in [7, 11) is 0. The van der Waals surface area contributed by atoms with Crippen molar-refractivity contribution in [3.63, 3.8) is 0 Å². The molecule has 0 saturated heterocycles. The van der Waals surface area contributed by atoms with Crippen LogP contribution in [0.4, 0.5) is 0 Å². The van der Waals surface area contributed by atoms with Gasteiger partial charge in [0.05, 0.1) is 39.6 Å². The van der Waals surface area contributed by atoms with Gasteiger partial charge in [-0.15, -0.1) is 0 Å². The molecule has 2 N–H and O–H groups in total. The largest absolute Gasteiger partial charge is 1.00 e. The third-order valence-corrected chi connectivity index (χ3v) is 0.843.